The number of furan rings is 1. The van der Waals surface area contributed by atoms with Gasteiger partial charge in [0, 0.05) is 27.4 Å². The number of hydrogen-bond acceptors (Lipinski definition) is 4. The van der Waals surface area contributed by atoms with E-state index in [1.54, 1.807) is 12.1 Å². The number of ether oxygens (including phenoxy) is 1. The molecule has 1 fully saturated rings. The molecule has 30 heavy (non-hydrogen) atoms. The van der Waals surface area contributed by atoms with E-state index in [2.05, 4.69) is 22.9 Å². The molecular weight excluding hydrogens is 446 g/mol. The molecule has 0 bridgehead atoms. The number of ketones is 1. The van der Waals surface area contributed by atoms with E-state index >= 15 is 0 Å². The molecule has 2 atom stereocenters. The van der Waals surface area contributed by atoms with Gasteiger partial charge in [-0.1, -0.05) is 34.7 Å². The number of Topliss-reactive ketones (excluding diaryl/α,β-unsaturated/α-hetero) is 1. The van der Waals surface area contributed by atoms with Crippen LogP contribution in [0.5, 0.6) is 11.5 Å². The summed E-state index contributed by atoms with van der Waals surface area (Å²) in [5, 5.41) is 13.5. The maximum Gasteiger partial charge on any atom is 0.232 e. The summed E-state index contributed by atoms with van der Waals surface area (Å²) >= 11 is 3.45. The largest absolute Gasteiger partial charge is 0.872 e. The Morgan fingerprint density at radius 3 is 2.97 bits per heavy atom. The summed E-state index contributed by atoms with van der Waals surface area (Å²) in [6.07, 6.45) is 4.00. The first kappa shape index (κ1) is 19.4. The number of quaternary nitrogens is 1. The summed E-state index contributed by atoms with van der Waals surface area (Å²) in [6, 6.07) is 10.7. The first-order valence-corrected chi connectivity index (χ1v) is 11.1. The van der Waals surface area contributed by atoms with E-state index in [1.807, 2.05) is 24.3 Å². The van der Waals surface area contributed by atoms with Gasteiger partial charge in [-0.2, -0.15) is 0 Å². The lowest BCUT2D eigenvalue weighted by Crippen LogP contribution is -3.12. The molecule has 2 aliphatic heterocycles. The Balaban J connectivity index is 1.46. The number of fused-ring (bicyclic) bond motifs is 2. The first-order valence-electron chi connectivity index (χ1n) is 10.3. The molecule has 5 nitrogen and oxygen atoms in total. The molecule has 0 saturated carbocycles. The highest BCUT2D eigenvalue weighted by atomic mass is 79.9. The maximum absolute atomic E-state index is 12.9. The quantitative estimate of drug-likeness (QED) is 0.596. The molecule has 2 aromatic carbocycles. The zero-order valence-electron chi connectivity index (χ0n) is 16.7. The van der Waals surface area contributed by atoms with Crippen molar-refractivity contribution in [1.82, 2.24) is 0 Å². The van der Waals surface area contributed by atoms with Crippen LogP contribution in [0.1, 0.15) is 41.4 Å². The van der Waals surface area contributed by atoms with E-state index in [-0.39, 0.29) is 17.3 Å². The molecule has 2 unspecified atom stereocenters. The van der Waals surface area contributed by atoms with Gasteiger partial charge in [0.2, 0.25) is 5.78 Å². The molecule has 6 heteroatoms. The molecule has 0 amide bonds. The minimum Gasteiger partial charge on any atom is -0.872 e. The normalized spacial score (nSPS) is 22.5. The van der Waals surface area contributed by atoms with E-state index < -0.39 is 0 Å². The van der Waals surface area contributed by atoms with Crippen molar-refractivity contribution in [3.05, 3.63) is 63.5 Å². The van der Waals surface area contributed by atoms with Gasteiger partial charge in [0.25, 0.3) is 0 Å². The number of carbonyl (C=O) groups is 1. The van der Waals surface area contributed by atoms with Crippen LogP contribution in [0.2, 0.25) is 0 Å². The number of rotatable bonds is 3. The van der Waals surface area contributed by atoms with Crippen LogP contribution in [0.25, 0.3) is 17.0 Å². The molecule has 1 saturated heterocycles. The Morgan fingerprint density at radius 1 is 1.27 bits per heavy atom. The smallest absolute Gasteiger partial charge is 0.232 e. The molecule has 0 radical (unpaired) electrons. The van der Waals surface area contributed by atoms with Crippen molar-refractivity contribution < 1.29 is 24.0 Å². The zero-order chi connectivity index (χ0) is 20.8. The standard InChI is InChI=1S/C24H22BrNO4/c1-14-3-2-8-26(12-14)13-19-20(27)6-5-18-23(28)22(30-24(18)19)11-17-10-15-9-16(25)4-7-21(15)29-17/h4-7,9-11,14,27H,2-3,8,12-13H2,1H3. The number of nitrogens with one attached hydrogen (secondary N) is 1. The summed E-state index contributed by atoms with van der Waals surface area (Å²) < 4.78 is 12.7. The third kappa shape index (κ3) is 3.55. The minimum absolute atomic E-state index is 0.0675. The van der Waals surface area contributed by atoms with Crippen molar-refractivity contribution in [2.45, 2.75) is 26.3 Å². The molecule has 154 valence electrons. The van der Waals surface area contributed by atoms with Gasteiger partial charge >= 0.3 is 0 Å². The molecular formula is C24H22BrNO4. The van der Waals surface area contributed by atoms with Gasteiger partial charge in [-0.25, -0.2) is 0 Å². The number of allylic oxidation sites excluding steroid dienone is 1. The second-order valence-electron chi connectivity index (χ2n) is 8.32. The third-order valence-electron chi connectivity index (χ3n) is 5.96. The summed E-state index contributed by atoms with van der Waals surface area (Å²) in [7, 11) is 0. The van der Waals surface area contributed by atoms with Gasteiger partial charge < -0.3 is 19.2 Å². The predicted molar refractivity (Wildman–Crippen MR) is 116 cm³/mol. The highest BCUT2D eigenvalue weighted by molar-refractivity contribution is 9.10. The van der Waals surface area contributed by atoms with Crippen molar-refractivity contribution >= 4 is 38.8 Å². The fourth-order valence-electron chi connectivity index (χ4n) is 4.50. The summed E-state index contributed by atoms with van der Waals surface area (Å²) in [5.74, 6) is 1.52. The topological polar surface area (TPSA) is 66.9 Å². The maximum atomic E-state index is 12.9. The van der Waals surface area contributed by atoms with E-state index in [0.29, 0.717) is 35.1 Å². The highest BCUT2D eigenvalue weighted by Gasteiger charge is 2.32. The van der Waals surface area contributed by atoms with Gasteiger partial charge in [-0.3, -0.25) is 4.79 Å². The number of halogens is 1. The highest BCUT2D eigenvalue weighted by Crippen LogP contribution is 2.38. The third-order valence-corrected chi connectivity index (χ3v) is 6.45. The van der Waals surface area contributed by atoms with E-state index in [9.17, 15) is 9.90 Å². The second kappa shape index (κ2) is 7.60. The van der Waals surface area contributed by atoms with Gasteiger partial charge in [-0.05, 0) is 43.2 Å². The number of hydrogen-bond donors (Lipinski definition) is 1. The van der Waals surface area contributed by atoms with Crippen LogP contribution in [0.15, 0.2) is 51.0 Å². The molecule has 1 aromatic heterocycles. The van der Waals surface area contributed by atoms with Gasteiger partial charge in [0.15, 0.2) is 5.76 Å². The van der Waals surface area contributed by atoms with E-state index in [4.69, 9.17) is 9.15 Å². The fourth-order valence-corrected chi connectivity index (χ4v) is 4.88. The lowest BCUT2D eigenvalue weighted by Gasteiger charge is -2.29. The Bertz CT molecular complexity index is 1180. The second-order valence-corrected chi connectivity index (χ2v) is 9.23. The summed E-state index contributed by atoms with van der Waals surface area (Å²) in [4.78, 5) is 14.3. The molecule has 3 heterocycles. The van der Waals surface area contributed by atoms with Gasteiger partial charge in [-0.15, -0.1) is 0 Å². The van der Waals surface area contributed by atoms with Crippen molar-refractivity contribution in [2.75, 3.05) is 13.1 Å². The summed E-state index contributed by atoms with van der Waals surface area (Å²) in [6.45, 7) is 4.91. The van der Waals surface area contributed by atoms with Crippen LogP contribution >= 0.6 is 15.9 Å². The molecule has 1 N–H and O–H groups in total. The predicted octanol–water partition coefficient (Wildman–Crippen LogP) is 3.70. The summed E-state index contributed by atoms with van der Waals surface area (Å²) in [5.41, 5.74) is 1.79. The molecule has 2 aliphatic rings. The molecule has 3 aromatic rings. The van der Waals surface area contributed by atoms with Gasteiger partial charge in [0.1, 0.15) is 23.6 Å². The van der Waals surface area contributed by atoms with Crippen LogP contribution < -0.4 is 14.7 Å². The lowest BCUT2D eigenvalue weighted by molar-refractivity contribution is -0.922. The van der Waals surface area contributed by atoms with Crippen molar-refractivity contribution in [2.24, 2.45) is 5.92 Å². The zero-order valence-corrected chi connectivity index (χ0v) is 18.3. The molecule has 0 spiro atoms. The van der Waals surface area contributed by atoms with Crippen LogP contribution in [-0.2, 0) is 6.54 Å². The average Bonchev–Trinajstić information content (AvgIpc) is 3.25. The fraction of sp³-hybridized carbons (Fsp3) is 0.292. The van der Waals surface area contributed by atoms with Crippen LogP contribution in [0, 0.1) is 5.92 Å². The Morgan fingerprint density at radius 2 is 2.13 bits per heavy atom. The monoisotopic (exact) mass is 467 g/mol. The van der Waals surface area contributed by atoms with E-state index in [1.165, 1.54) is 17.4 Å². The SMILES string of the molecule is CC1CCC[NH+](Cc2c([O-])ccc3c2OC(=Cc2cc4cc(Br)ccc4o2)C3=O)C1. The Hall–Kier alpha value is -2.57. The number of piperidine rings is 1. The van der Waals surface area contributed by atoms with Crippen LogP contribution in [-0.4, -0.2) is 18.9 Å². The average molecular weight is 468 g/mol. The van der Waals surface area contributed by atoms with Crippen LogP contribution in [0.3, 0.4) is 0 Å². The molecule has 5 rings (SSSR count). The van der Waals surface area contributed by atoms with Crippen molar-refractivity contribution in [1.29, 1.82) is 0 Å². The number of benzene rings is 2. The van der Waals surface area contributed by atoms with Gasteiger partial charge in [0.05, 0.1) is 18.7 Å². The molecule has 0 aliphatic carbocycles. The Labute approximate surface area is 183 Å². The van der Waals surface area contributed by atoms with Crippen LogP contribution in [0.4, 0.5) is 0 Å². The Kier molecular flexibility index (Phi) is 4.91. The van der Waals surface area contributed by atoms with Crippen molar-refractivity contribution in [3.63, 3.8) is 0 Å². The van der Waals surface area contributed by atoms with Crippen molar-refractivity contribution in [3.8, 4) is 11.5 Å². The number of likely N-dealkylation sites (tertiary alicyclic amines) is 1. The van der Waals surface area contributed by atoms with E-state index in [0.717, 1.165) is 35.0 Å². The first-order chi connectivity index (χ1) is 14.5. The number of carbonyl (C=O) groups excluding carboxylic acids is 1. The lowest BCUT2D eigenvalue weighted by atomic mass is 9.99. The minimum atomic E-state index is -0.213.